The van der Waals surface area contributed by atoms with Crippen molar-refractivity contribution < 1.29 is 19.0 Å². The Kier molecular flexibility index (Phi) is 8.37. The fourth-order valence-electron chi connectivity index (χ4n) is 3.21. The Balaban J connectivity index is 1.61. The van der Waals surface area contributed by atoms with E-state index in [1.807, 2.05) is 30.3 Å². The average Bonchev–Trinajstić information content (AvgIpc) is 2.76. The molecule has 0 spiro atoms. The highest BCUT2D eigenvalue weighted by Gasteiger charge is 2.17. The van der Waals surface area contributed by atoms with Gasteiger partial charge in [0.2, 0.25) is 0 Å². The van der Waals surface area contributed by atoms with E-state index in [2.05, 4.69) is 4.90 Å². The van der Waals surface area contributed by atoms with Crippen molar-refractivity contribution >= 4 is 17.5 Å². The molecule has 0 aliphatic carbocycles. The van der Waals surface area contributed by atoms with Crippen LogP contribution in [0.1, 0.15) is 22.3 Å². The molecule has 0 bridgehead atoms. The van der Waals surface area contributed by atoms with E-state index in [1.165, 1.54) is 4.90 Å². The molecule has 1 heterocycles. The molecule has 1 fully saturated rings. The Labute approximate surface area is 183 Å². The first kappa shape index (κ1) is 22.4. The lowest BCUT2D eigenvalue weighted by Crippen LogP contribution is -2.37. The third-order valence-electron chi connectivity index (χ3n) is 4.92. The maximum absolute atomic E-state index is 12.7. The van der Waals surface area contributed by atoms with Crippen molar-refractivity contribution in [2.45, 2.75) is 13.0 Å². The monoisotopic (exact) mass is 432 g/mol. The fraction of sp³-hybridized carbons (Fsp3) is 0.435. The Morgan fingerprint density at radius 2 is 1.90 bits per heavy atom. The van der Waals surface area contributed by atoms with Gasteiger partial charge < -0.3 is 19.1 Å². The summed E-state index contributed by atoms with van der Waals surface area (Å²) in [5, 5.41) is 0.637. The highest BCUT2D eigenvalue weighted by Crippen LogP contribution is 2.27. The minimum Gasteiger partial charge on any atom is -0.494 e. The molecule has 30 heavy (non-hydrogen) atoms. The van der Waals surface area contributed by atoms with Gasteiger partial charge in [-0.3, -0.25) is 9.69 Å². The second-order valence-electron chi connectivity index (χ2n) is 7.39. The summed E-state index contributed by atoms with van der Waals surface area (Å²) in [5.41, 5.74) is 1.34. The van der Waals surface area contributed by atoms with Crippen molar-refractivity contribution in [3.63, 3.8) is 0 Å². The maximum atomic E-state index is 12.7. The van der Waals surface area contributed by atoms with Gasteiger partial charge in [0.25, 0.3) is 5.91 Å². The number of rotatable bonds is 9. The van der Waals surface area contributed by atoms with Crippen molar-refractivity contribution in [2.24, 2.45) is 0 Å². The molecule has 0 atom stereocenters. The molecule has 0 N–H and O–H groups in total. The molecule has 0 aromatic heterocycles. The van der Waals surface area contributed by atoms with Crippen molar-refractivity contribution in [3.8, 4) is 11.5 Å². The van der Waals surface area contributed by atoms with Crippen molar-refractivity contribution in [1.29, 1.82) is 0 Å². The molecule has 1 aliphatic heterocycles. The van der Waals surface area contributed by atoms with E-state index in [1.54, 1.807) is 26.2 Å². The number of carbonyl (C=O) groups is 1. The number of amides is 1. The summed E-state index contributed by atoms with van der Waals surface area (Å²) >= 11 is 6.21. The summed E-state index contributed by atoms with van der Waals surface area (Å²) in [5.74, 6) is 1.03. The lowest BCUT2D eigenvalue weighted by atomic mass is 10.1. The number of nitrogens with zero attached hydrogens (tertiary/aromatic N) is 2. The number of morpholine rings is 1. The van der Waals surface area contributed by atoms with E-state index in [0.29, 0.717) is 28.7 Å². The number of carbonyl (C=O) groups excluding carboxylic acids is 1. The Hall–Kier alpha value is -2.28. The van der Waals surface area contributed by atoms with E-state index < -0.39 is 0 Å². The lowest BCUT2D eigenvalue weighted by molar-refractivity contribution is 0.0358. The molecule has 0 radical (unpaired) electrons. The molecule has 0 saturated carbocycles. The van der Waals surface area contributed by atoms with E-state index >= 15 is 0 Å². The summed E-state index contributed by atoms with van der Waals surface area (Å²) in [7, 11) is 3.44. The SMILES string of the molecule is CN(C)C(=O)c1cc(OCCCN2CCOCC2)ccc1OCc1ccccc1Cl. The molecular weight excluding hydrogens is 404 g/mol. The largest absolute Gasteiger partial charge is 0.494 e. The molecule has 6 nitrogen and oxygen atoms in total. The highest BCUT2D eigenvalue weighted by molar-refractivity contribution is 6.31. The van der Waals surface area contributed by atoms with Crippen LogP contribution in [0.25, 0.3) is 0 Å². The Morgan fingerprint density at radius 1 is 1.13 bits per heavy atom. The molecule has 1 aliphatic rings. The second-order valence-corrected chi connectivity index (χ2v) is 7.80. The molecule has 1 saturated heterocycles. The first-order valence-corrected chi connectivity index (χ1v) is 10.6. The van der Waals surface area contributed by atoms with Crippen LogP contribution < -0.4 is 9.47 Å². The van der Waals surface area contributed by atoms with Crippen LogP contribution >= 0.6 is 11.6 Å². The number of ether oxygens (including phenoxy) is 3. The quantitative estimate of drug-likeness (QED) is 0.565. The number of hydrogen-bond acceptors (Lipinski definition) is 5. The van der Waals surface area contributed by atoms with Crippen LogP contribution in [0, 0.1) is 0 Å². The molecule has 0 unspecified atom stereocenters. The molecule has 2 aromatic carbocycles. The first-order valence-electron chi connectivity index (χ1n) is 10.2. The normalized spacial score (nSPS) is 14.4. The molecule has 3 rings (SSSR count). The third kappa shape index (κ3) is 6.36. The van der Waals surface area contributed by atoms with Crippen molar-refractivity contribution in [1.82, 2.24) is 9.80 Å². The molecule has 162 valence electrons. The zero-order chi connectivity index (χ0) is 21.3. The molecule has 7 heteroatoms. The van der Waals surface area contributed by atoms with Crippen LogP contribution in [-0.4, -0.2) is 69.3 Å². The number of hydrogen-bond donors (Lipinski definition) is 0. The lowest BCUT2D eigenvalue weighted by Gasteiger charge is -2.26. The van der Waals surface area contributed by atoms with Gasteiger partial charge in [-0.15, -0.1) is 0 Å². The Morgan fingerprint density at radius 3 is 2.63 bits per heavy atom. The van der Waals surface area contributed by atoms with Gasteiger partial charge in [-0.25, -0.2) is 0 Å². The summed E-state index contributed by atoms with van der Waals surface area (Å²) in [6.45, 7) is 5.39. The van der Waals surface area contributed by atoms with Gasteiger partial charge in [-0.05, 0) is 30.7 Å². The molecular formula is C23H29ClN2O4. The minimum absolute atomic E-state index is 0.136. The second kappa shape index (κ2) is 11.2. The van der Waals surface area contributed by atoms with Crippen LogP contribution in [0.5, 0.6) is 11.5 Å². The summed E-state index contributed by atoms with van der Waals surface area (Å²) < 4.78 is 17.2. The maximum Gasteiger partial charge on any atom is 0.257 e. The fourth-order valence-corrected chi connectivity index (χ4v) is 3.40. The minimum atomic E-state index is -0.136. The summed E-state index contributed by atoms with van der Waals surface area (Å²) in [6.07, 6.45) is 0.918. The molecule has 1 amide bonds. The van der Waals surface area contributed by atoms with Crippen LogP contribution in [-0.2, 0) is 11.3 Å². The topological polar surface area (TPSA) is 51.2 Å². The zero-order valence-electron chi connectivity index (χ0n) is 17.6. The van der Waals surface area contributed by atoms with Gasteiger partial charge in [0.1, 0.15) is 18.1 Å². The third-order valence-corrected chi connectivity index (χ3v) is 5.29. The predicted octanol–water partition coefficient (Wildman–Crippen LogP) is 3.72. The van der Waals surface area contributed by atoms with E-state index in [-0.39, 0.29) is 12.5 Å². The van der Waals surface area contributed by atoms with Crippen LogP contribution in [0.3, 0.4) is 0 Å². The predicted molar refractivity (Wildman–Crippen MR) is 118 cm³/mol. The van der Waals surface area contributed by atoms with Crippen LogP contribution in [0.2, 0.25) is 5.02 Å². The number of benzene rings is 2. The average molecular weight is 433 g/mol. The van der Waals surface area contributed by atoms with Crippen LogP contribution in [0.4, 0.5) is 0 Å². The van der Waals surface area contributed by atoms with E-state index in [4.69, 9.17) is 25.8 Å². The zero-order valence-corrected chi connectivity index (χ0v) is 18.4. The van der Waals surface area contributed by atoms with Gasteiger partial charge in [-0.2, -0.15) is 0 Å². The van der Waals surface area contributed by atoms with E-state index in [9.17, 15) is 4.79 Å². The summed E-state index contributed by atoms with van der Waals surface area (Å²) in [6, 6.07) is 12.9. The van der Waals surface area contributed by atoms with E-state index in [0.717, 1.165) is 44.8 Å². The molecule has 2 aromatic rings. The first-order chi connectivity index (χ1) is 14.5. The van der Waals surface area contributed by atoms with Gasteiger partial charge in [-0.1, -0.05) is 29.8 Å². The van der Waals surface area contributed by atoms with Gasteiger partial charge in [0, 0.05) is 44.3 Å². The van der Waals surface area contributed by atoms with Crippen LogP contribution in [0.15, 0.2) is 42.5 Å². The van der Waals surface area contributed by atoms with Gasteiger partial charge in [0.05, 0.1) is 25.4 Å². The number of halogens is 1. The Bertz CT molecular complexity index is 838. The van der Waals surface area contributed by atoms with Gasteiger partial charge >= 0.3 is 0 Å². The van der Waals surface area contributed by atoms with Crippen molar-refractivity contribution in [3.05, 3.63) is 58.6 Å². The van der Waals surface area contributed by atoms with Gasteiger partial charge in [0.15, 0.2) is 0 Å². The standard InChI is InChI=1S/C23H29ClN2O4/c1-25(2)23(27)20-16-19(29-13-5-10-26-11-14-28-15-12-26)8-9-22(20)30-17-18-6-3-4-7-21(18)24/h3-4,6-9,16H,5,10-15,17H2,1-2H3. The smallest absolute Gasteiger partial charge is 0.257 e. The summed E-state index contributed by atoms with van der Waals surface area (Å²) in [4.78, 5) is 16.6. The highest BCUT2D eigenvalue weighted by atomic mass is 35.5. The van der Waals surface area contributed by atoms with Crippen molar-refractivity contribution in [2.75, 3.05) is 53.6 Å².